The molecule has 0 aliphatic rings. The highest BCUT2D eigenvalue weighted by Crippen LogP contribution is 1.83. The highest BCUT2D eigenvalue weighted by atomic mass is 16.3. The van der Waals surface area contributed by atoms with Crippen molar-refractivity contribution in [2.45, 2.75) is 6.92 Å². The largest absolute Gasteiger partial charge is 0.377 e. The molecule has 0 spiro atoms. The molecule has 0 atom stereocenters. The molecule has 0 unspecified atom stereocenters. The standard InChI is InChI=1S/C5H10N2O2/c1-2-4(5(6)9)7-3-8/h2,7-8H,3H2,1H3,(H2,6,9)/b4-2-. The van der Waals surface area contributed by atoms with Gasteiger partial charge in [0.15, 0.2) is 0 Å². The zero-order chi connectivity index (χ0) is 7.28. The van der Waals surface area contributed by atoms with E-state index >= 15 is 0 Å². The fourth-order valence-corrected chi connectivity index (χ4v) is 0.417. The van der Waals surface area contributed by atoms with Crippen LogP contribution in [-0.4, -0.2) is 17.7 Å². The van der Waals surface area contributed by atoms with Crippen LogP contribution < -0.4 is 11.1 Å². The van der Waals surface area contributed by atoms with Crippen molar-refractivity contribution in [1.29, 1.82) is 0 Å². The smallest absolute Gasteiger partial charge is 0.264 e. The van der Waals surface area contributed by atoms with Gasteiger partial charge in [0.1, 0.15) is 6.73 Å². The van der Waals surface area contributed by atoms with Crippen LogP contribution in [0.15, 0.2) is 11.8 Å². The highest BCUT2D eigenvalue weighted by Gasteiger charge is 1.98. The number of nitrogens with two attached hydrogens (primary N) is 1. The molecule has 4 heteroatoms. The Labute approximate surface area is 53.4 Å². The van der Waals surface area contributed by atoms with Crippen LogP contribution in [-0.2, 0) is 4.79 Å². The van der Waals surface area contributed by atoms with Crippen LogP contribution in [0.4, 0.5) is 0 Å². The quantitative estimate of drug-likeness (QED) is 0.336. The Morgan fingerprint density at radius 2 is 2.44 bits per heavy atom. The molecule has 4 N–H and O–H groups in total. The van der Waals surface area contributed by atoms with Crippen molar-refractivity contribution in [1.82, 2.24) is 5.32 Å². The summed E-state index contributed by atoms with van der Waals surface area (Å²) in [6, 6.07) is 0. The first-order valence-electron chi connectivity index (χ1n) is 2.53. The summed E-state index contributed by atoms with van der Waals surface area (Å²) in [5.41, 5.74) is 5.09. The molecule has 0 aromatic carbocycles. The lowest BCUT2D eigenvalue weighted by molar-refractivity contribution is -0.115. The average molecular weight is 130 g/mol. The minimum atomic E-state index is -0.563. The molecule has 4 nitrogen and oxygen atoms in total. The van der Waals surface area contributed by atoms with Gasteiger partial charge >= 0.3 is 0 Å². The monoisotopic (exact) mass is 130 g/mol. The molecule has 0 saturated heterocycles. The number of carbonyl (C=O) groups is 1. The molecule has 0 aromatic rings. The van der Waals surface area contributed by atoms with Crippen LogP contribution in [0, 0.1) is 0 Å². The van der Waals surface area contributed by atoms with Crippen molar-refractivity contribution in [2.24, 2.45) is 5.73 Å². The summed E-state index contributed by atoms with van der Waals surface area (Å²) in [4.78, 5) is 10.3. The van der Waals surface area contributed by atoms with Crippen molar-refractivity contribution in [3.05, 3.63) is 11.8 Å². The third-order valence-corrected chi connectivity index (χ3v) is 0.824. The number of amides is 1. The minimum absolute atomic E-state index is 0.234. The Hall–Kier alpha value is -1.03. The molecule has 0 rings (SSSR count). The number of nitrogens with one attached hydrogen (secondary N) is 1. The topological polar surface area (TPSA) is 75.3 Å². The molecule has 0 aliphatic carbocycles. The minimum Gasteiger partial charge on any atom is -0.377 e. The van der Waals surface area contributed by atoms with E-state index in [-0.39, 0.29) is 12.4 Å². The Morgan fingerprint density at radius 1 is 1.89 bits per heavy atom. The van der Waals surface area contributed by atoms with Gasteiger partial charge in [-0.05, 0) is 6.92 Å². The zero-order valence-corrected chi connectivity index (χ0v) is 5.22. The lowest BCUT2D eigenvalue weighted by atomic mass is 10.4. The molecule has 0 fully saturated rings. The van der Waals surface area contributed by atoms with E-state index in [9.17, 15) is 4.79 Å². The first-order chi connectivity index (χ1) is 4.22. The fraction of sp³-hybridized carbons (Fsp3) is 0.400. The third kappa shape index (κ3) is 2.71. The Balaban J connectivity index is 3.85. The number of rotatable bonds is 3. The summed E-state index contributed by atoms with van der Waals surface area (Å²) in [5, 5.41) is 10.6. The summed E-state index contributed by atoms with van der Waals surface area (Å²) in [7, 11) is 0. The van der Waals surface area contributed by atoms with Gasteiger partial charge in [0.2, 0.25) is 0 Å². The van der Waals surface area contributed by atoms with Gasteiger partial charge in [0.25, 0.3) is 5.91 Å². The van der Waals surface area contributed by atoms with E-state index in [0.29, 0.717) is 0 Å². The summed E-state index contributed by atoms with van der Waals surface area (Å²) >= 11 is 0. The number of primary amides is 1. The Kier molecular flexibility index (Phi) is 3.46. The fourth-order valence-electron chi connectivity index (χ4n) is 0.417. The van der Waals surface area contributed by atoms with E-state index in [1.54, 1.807) is 6.92 Å². The summed E-state index contributed by atoms with van der Waals surface area (Å²) in [6.45, 7) is 1.38. The van der Waals surface area contributed by atoms with Crippen LogP contribution in [0.25, 0.3) is 0 Å². The summed E-state index contributed by atoms with van der Waals surface area (Å²) < 4.78 is 0. The number of carbonyl (C=O) groups excluding carboxylic acids is 1. The summed E-state index contributed by atoms with van der Waals surface area (Å²) in [6.07, 6.45) is 1.50. The predicted molar refractivity (Wildman–Crippen MR) is 33.2 cm³/mol. The predicted octanol–water partition coefficient (Wildman–Crippen LogP) is -1.09. The first kappa shape index (κ1) is 7.97. The molecule has 0 heterocycles. The first-order valence-corrected chi connectivity index (χ1v) is 2.53. The van der Waals surface area contributed by atoms with Crippen LogP contribution >= 0.6 is 0 Å². The maximum absolute atomic E-state index is 10.3. The molecule has 0 radical (unpaired) electrons. The van der Waals surface area contributed by atoms with Gasteiger partial charge < -0.3 is 16.2 Å². The van der Waals surface area contributed by atoms with Gasteiger partial charge in [-0.1, -0.05) is 6.08 Å². The van der Waals surface area contributed by atoms with E-state index in [1.807, 2.05) is 0 Å². The second-order valence-corrected chi connectivity index (χ2v) is 1.40. The maximum Gasteiger partial charge on any atom is 0.264 e. The van der Waals surface area contributed by atoms with Gasteiger partial charge in [-0.2, -0.15) is 0 Å². The van der Waals surface area contributed by atoms with E-state index < -0.39 is 5.91 Å². The molecule has 9 heavy (non-hydrogen) atoms. The molecular formula is C5H10N2O2. The molecule has 0 aliphatic heterocycles. The van der Waals surface area contributed by atoms with Crippen LogP contribution in [0.5, 0.6) is 0 Å². The highest BCUT2D eigenvalue weighted by molar-refractivity contribution is 5.91. The SMILES string of the molecule is C/C=C(\NCO)C(N)=O. The molecule has 1 amide bonds. The number of hydrogen-bond acceptors (Lipinski definition) is 3. The lowest BCUT2D eigenvalue weighted by Crippen LogP contribution is -2.26. The number of aliphatic hydroxyl groups is 1. The zero-order valence-electron chi connectivity index (χ0n) is 5.22. The van der Waals surface area contributed by atoms with Crippen LogP contribution in [0.2, 0.25) is 0 Å². The van der Waals surface area contributed by atoms with E-state index in [0.717, 1.165) is 0 Å². The van der Waals surface area contributed by atoms with E-state index in [2.05, 4.69) is 5.32 Å². The van der Waals surface area contributed by atoms with Crippen LogP contribution in [0.3, 0.4) is 0 Å². The third-order valence-electron chi connectivity index (χ3n) is 0.824. The number of aliphatic hydroxyl groups excluding tert-OH is 1. The van der Waals surface area contributed by atoms with Crippen molar-refractivity contribution < 1.29 is 9.90 Å². The van der Waals surface area contributed by atoms with Crippen molar-refractivity contribution in [2.75, 3.05) is 6.73 Å². The summed E-state index contributed by atoms with van der Waals surface area (Å²) in [5.74, 6) is -0.563. The second kappa shape index (κ2) is 3.91. The number of hydrogen-bond donors (Lipinski definition) is 3. The Bertz CT molecular complexity index is 131. The average Bonchev–Trinajstić information content (AvgIpc) is 1.82. The van der Waals surface area contributed by atoms with Gasteiger partial charge in [-0.15, -0.1) is 0 Å². The molecule has 0 saturated carbocycles. The second-order valence-electron chi connectivity index (χ2n) is 1.40. The van der Waals surface area contributed by atoms with Crippen LogP contribution in [0.1, 0.15) is 6.92 Å². The molecule has 52 valence electrons. The Morgan fingerprint density at radius 3 is 2.56 bits per heavy atom. The van der Waals surface area contributed by atoms with Crippen molar-refractivity contribution in [3.8, 4) is 0 Å². The van der Waals surface area contributed by atoms with Gasteiger partial charge in [0.05, 0.1) is 5.70 Å². The van der Waals surface area contributed by atoms with Gasteiger partial charge in [-0.3, -0.25) is 4.79 Å². The van der Waals surface area contributed by atoms with E-state index in [4.69, 9.17) is 10.8 Å². The lowest BCUT2D eigenvalue weighted by Gasteiger charge is -2.00. The maximum atomic E-state index is 10.3. The number of allylic oxidation sites excluding steroid dienone is 1. The van der Waals surface area contributed by atoms with Crippen molar-refractivity contribution >= 4 is 5.91 Å². The van der Waals surface area contributed by atoms with Crippen molar-refractivity contribution in [3.63, 3.8) is 0 Å². The normalized spacial score (nSPS) is 11.1. The van der Waals surface area contributed by atoms with Gasteiger partial charge in [0, 0.05) is 0 Å². The molecule has 0 aromatic heterocycles. The molecular weight excluding hydrogens is 120 g/mol. The van der Waals surface area contributed by atoms with E-state index in [1.165, 1.54) is 6.08 Å². The van der Waals surface area contributed by atoms with Gasteiger partial charge in [-0.25, -0.2) is 0 Å². The molecule has 0 bridgehead atoms.